The van der Waals surface area contributed by atoms with Gasteiger partial charge in [0.25, 0.3) is 0 Å². The molecule has 2 saturated heterocycles. The van der Waals surface area contributed by atoms with Crippen LogP contribution in [0.15, 0.2) is 24.8 Å². The Hall–Kier alpha value is -2.86. The van der Waals surface area contributed by atoms with Gasteiger partial charge in [-0.25, -0.2) is 28.6 Å². The lowest BCUT2D eigenvalue weighted by molar-refractivity contribution is -0.273. The Labute approximate surface area is 381 Å². The van der Waals surface area contributed by atoms with E-state index in [1.54, 1.807) is 19.9 Å². The number of carbonyl (C=O) groups excluding carboxylic acids is 3. The number of phosphoric acid groups is 3. The highest BCUT2D eigenvalue weighted by atomic mass is 32.2. The fraction of sp³-hybridized carbons (Fsp3) is 0.706. The van der Waals surface area contributed by atoms with Crippen molar-refractivity contribution in [1.29, 1.82) is 0 Å². The Morgan fingerprint density at radius 2 is 1.73 bits per heavy atom. The van der Waals surface area contributed by atoms with E-state index in [2.05, 4.69) is 34.4 Å². The first kappa shape index (κ1) is 55.7. The van der Waals surface area contributed by atoms with Crippen molar-refractivity contribution in [2.45, 2.75) is 115 Å². The number of nitrogens with one attached hydrogen (secondary N) is 2. The fourth-order valence-electron chi connectivity index (χ4n) is 6.20. The van der Waals surface area contributed by atoms with Crippen LogP contribution in [-0.4, -0.2) is 164 Å². The van der Waals surface area contributed by atoms with Crippen LogP contribution in [0.2, 0.25) is 0 Å². The van der Waals surface area contributed by atoms with E-state index in [1.807, 2.05) is 0 Å². The van der Waals surface area contributed by atoms with Crippen LogP contribution < -0.4 is 16.4 Å². The molecule has 2 aliphatic rings. The van der Waals surface area contributed by atoms with E-state index >= 15 is 0 Å². The molecular formula is C34H56N7O21P3S. The molecule has 0 saturated carbocycles. The lowest BCUT2D eigenvalue weighted by Gasteiger charge is -2.36. The smallest absolute Gasteiger partial charge is 0.390 e. The number of phosphoric ester groups is 3. The first-order valence-electron chi connectivity index (χ1n) is 20.1. The second kappa shape index (κ2) is 24.1. The Morgan fingerprint density at radius 1 is 1.03 bits per heavy atom. The normalized spacial score (nSPS) is 26.7. The lowest BCUT2D eigenvalue weighted by Crippen LogP contribution is -2.48. The summed E-state index contributed by atoms with van der Waals surface area (Å²) in [6, 6.07) is 0. The van der Waals surface area contributed by atoms with Gasteiger partial charge >= 0.3 is 23.5 Å². The zero-order valence-electron chi connectivity index (χ0n) is 35.9. The third-order valence-electron chi connectivity index (χ3n) is 9.79. The highest BCUT2D eigenvalue weighted by Crippen LogP contribution is 2.61. The first-order chi connectivity index (χ1) is 30.7. The van der Waals surface area contributed by atoms with Crippen LogP contribution in [0, 0.1) is 5.41 Å². The van der Waals surface area contributed by atoms with Gasteiger partial charge in [0.1, 0.15) is 42.4 Å². The average molecular weight is 1020 g/mol. The number of nitrogen functional groups attached to an aromatic ring is 1. The molecule has 2 aromatic rings. The van der Waals surface area contributed by atoms with Crippen LogP contribution in [0.4, 0.5) is 5.82 Å². The fourth-order valence-corrected chi connectivity index (χ4v) is 9.63. The molecule has 0 spiro atoms. The number of rotatable bonds is 25. The predicted molar refractivity (Wildman–Crippen MR) is 227 cm³/mol. The van der Waals surface area contributed by atoms with Crippen LogP contribution in [0.5, 0.6) is 0 Å². The molecule has 2 fully saturated rings. The molecule has 0 radical (unpaired) electrons. The Bertz CT molecular complexity index is 2150. The van der Waals surface area contributed by atoms with Gasteiger partial charge in [0.2, 0.25) is 16.9 Å². The highest BCUT2D eigenvalue weighted by Gasteiger charge is 2.50. The van der Waals surface area contributed by atoms with Crippen molar-refractivity contribution in [3.05, 3.63) is 24.8 Å². The van der Waals surface area contributed by atoms with E-state index in [-0.39, 0.29) is 59.9 Å². The van der Waals surface area contributed by atoms with E-state index < -0.39 is 109 Å². The third kappa shape index (κ3) is 17.0. The number of aromatic nitrogens is 4. The van der Waals surface area contributed by atoms with Crippen LogP contribution in [-0.2, 0) is 60.2 Å². The molecule has 12 N–H and O–H groups in total. The van der Waals surface area contributed by atoms with Crippen molar-refractivity contribution < 1.29 is 100 Å². The molecule has 12 atom stereocenters. The first-order valence-corrected chi connectivity index (χ1v) is 25.6. The van der Waals surface area contributed by atoms with E-state index in [0.717, 1.165) is 29.0 Å². The van der Waals surface area contributed by atoms with Gasteiger partial charge in [-0.2, -0.15) is 4.31 Å². The molecule has 2 aromatic heterocycles. The maximum Gasteiger partial charge on any atom is 0.481 e. The number of hydrogen-bond donors (Lipinski definition) is 11. The number of imidazole rings is 1. The topological polar surface area (TPSA) is 423 Å². The van der Waals surface area contributed by atoms with E-state index in [1.165, 1.54) is 19.9 Å². The zero-order chi connectivity index (χ0) is 49.2. The number of carbonyl (C=O) groups is 3. The summed E-state index contributed by atoms with van der Waals surface area (Å²) in [6.45, 7) is 3.79. The number of fused-ring (bicyclic) bond motifs is 1. The van der Waals surface area contributed by atoms with Crippen molar-refractivity contribution >= 4 is 69.1 Å². The second-order valence-electron chi connectivity index (χ2n) is 15.7. The Morgan fingerprint density at radius 3 is 2.42 bits per heavy atom. The van der Waals surface area contributed by atoms with Crippen molar-refractivity contribution in [1.82, 2.24) is 30.2 Å². The average Bonchev–Trinajstić information content (AvgIpc) is 3.78. The maximum atomic E-state index is 12.7. The van der Waals surface area contributed by atoms with Crippen molar-refractivity contribution in [2.24, 2.45) is 5.41 Å². The molecule has 66 heavy (non-hydrogen) atoms. The number of thioether (sulfide) groups is 1. The van der Waals surface area contributed by atoms with Gasteiger partial charge in [0.05, 0.1) is 37.9 Å². The molecule has 2 amide bonds. The quantitative estimate of drug-likeness (QED) is 0.0331. The number of ether oxygens (including phenoxy) is 3. The molecule has 0 bridgehead atoms. The van der Waals surface area contributed by atoms with Crippen molar-refractivity contribution in [2.75, 3.05) is 37.8 Å². The van der Waals surface area contributed by atoms with Gasteiger partial charge < -0.3 is 70.6 Å². The molecule has 4 heterocycles. The summed E-state index contributed by atoms with van der Waals surface area (Å²) in [5.41, 5.74) is 4.22. The number of amides is 2. The second-order valence-corrected chi connectivity index (χ2v) is 21.1. The highest BCUT2D eigenvalue weighted by molar-refractivity contribution is 8.14. The minimum absolute atomic E-state index is 0.0207. The van der Waals surface area contributed by atoms with E-state index in [4.69, 9.17) is 29.0 Å². The molecule has 374 valence electrons. The summed E-state index contributed by atoms with van der Waals surface area (Å²) in [5, 5.41) is 46.0. The van der Waals surface area contributed by atoms with Gasteiger partial charge in [0, 0.05) is 37.1 Å². The minimum atomic E-state index is -5.60. The van der Waals surface area contributed by atoms with Crippen LogP contribution >= 0.6 is 35.2 Å². The van der Waals surface area contributed by atoms with Gasteiger partial charge in [-0.05, 0) is 32.8 Å². The zero-order valence-corrected chi connectivity index (χ0v) is 39.4. The molecule has 32 heteroatoms. The van der Waals surface area contributed by atoms with Crippen LogP contribution in [0.3, 0.4) is 0 Å². The number of anilines is 1. The molecule has 28 nitrogen and oxygen atoms in total. The SMILES string of the molecule is C[C@H](CC/C=C/C(=O)SCCNC(=O)CCNC(=O)[C@H](O)C(C)(C)COP(=O)(O)OP(=O)(O)OC[C@H]1O[C@@H](n2cnc3c(N)ncnc32)[C@H](O)[C@@H]1OP(=O)(O)O)O[C@@H]1O[C@@H](C)[C@H](O)C[C@H]1O. The third-order valence-corrected chi connectivity index (χ3v) is 13.7. The summed E-state index contributed by atoms with van der Waals surface area (Å²) in [7, 11) is -16.5. The number of hydrogen-bond acceptors (Lipinski definition) is 22. The van der Waals surface area contributed by atoms with Gasteiger partial charge in [0.15, 0.2) is 24.0 Å². The summed E-state index contributed by atoms with van der Waals surface area (Å²) in [5.74, 6) is -1.29. The molecule has 0 aliphatic carbocycles. The standard InChI is InChI=1S/C34H56N7O21P3S/c1-18(58-33-21(43)13-20(42)19(2)59-33)7-5-6-8-24(45)66-12-11-36-23(44)9-10-37-31(48)28(47)34(3,4)15-57-65(54,55)62-64(52,53)56-14-22-27(61-63(49,50)51)26(46)32(60-22)41-17-40-25-29(35)38-16-39-30(25)41/h6,8,16-22,26-28,32-33,42-43,46-47H,5,7,9-15H2,1-4H3,(H,36,44)(H,37,48)(H,52,53)(H,54,55)(H2,35,38,39)(H2,49,50,51)/b8-6+/t18-,19+,20-,21-,22-,26-,27-,28+,32-,33-/m1/s1. The maximum absolute atomic E-state index is 12.7. The molecular weight excluding hydrogens is 967 g/mol. The number of nitrogens with zero attached hydrogens (tertiary/aromatic N) is 4. The number of aliphatic hydroxyl groups excluding tert-OH is 4. The largest absolute Gasteiger partial charge is 0.481 e. The predicted octanol–water partition coefficient (Wildman–Crippen LogP) is -0.737. The number of allylic oxidation sites excluding steroid dienone is 1. The van der Waals surface area contributed by atoms with Crippen LogP contribution in [0.1, 0.15) is 59.6 Å². The van der Waals surface area contributed by atoms with E-state index in [0.29, 0.717) is 12.8 Å². The summed E-state index contributed by atoms with van der Waals surface area (Å²) in [4.78, 5) is 88.2. The molecule has 0 aromatic carbocycles. The van der Waals surface area contributed by atoms with Gasteiger partial charge in [-0.15, -0.1) is 0 Å². The lowest BCUT2D eigenvalue weighted by atomic mass is 9.87. The monoisotopic (exact) mass is 1020 g/mol. The summed E-state index contributed by atoms with van der Waals surface area (Å²) >= 11 is 0.963. The Balaban J connectivity index is 1.13. The van der Waals surface area contributed by atoms with Crippen molar-refractivity contribution in [3.63, 3.8) is 0 Å². The summed E-state index contributed by atoms with van der Waals surface area (Å²) < 4.78 is 73.5. The number of aliphatic hydroxyl groups is 4. The Kier molecular flexibility index (Phi) is 20.4. The van der Waals surface area contributed by atoms with E-state index in [9.17, 15) is 68.1 Å². The number of nitrogens with two attached hydrogens (primary N) is 1. The summed E-state index contributed by atoms with van der Waals surface area (Å²) in [6.07, 6.45) is -6.14. The van der Waals surface area contributed by atoms with Gasteiger partial charge in [-0.3, -0.25) is 32.5 Å². The molecule has 2 unspecified atom stereocenters. The van der Waals surface area contributed by atoms with Crippen LogP contribution in [0.25, 0.3) is 11.2 Å². The minimum Gasteiger partial charge on any atom is -0.390 e. The molecule has 2 aliphatic heterocycles. The van der Waals surface area contributed by atoms with Crippen molar-refractivity contribution in [3.8, 4) is 0 Å². The molecule has 4 rings (SSSR count). The van der Waals surface area contributed by atoms with Gasteiger partial charge in [-0.1, -0.05) is 31.7 Å².